The molecule has 36 nitrogen and oxygen atoms in total. The van der Waals surface area contributed by atoms with E-state index in [2.05, 4.69) is 0 Å². The van der Waals surface area contributed by atoms with Crippen LogP contribution in [0.25, 0.3) is 11.1 Å². The Hall–Kier alpha value is -9.62. The second-order valence-corrected chi connectivity index (χ2v) is 22.6. The first-order chi connectivity index (χ1) is 47.1. The zero-order valence-electron chi connectivity index (χ0n) is 56.7. The van der Waals surface area contributed by atoms with Crippen LogP contribution in [0, 0.1) is 0 Å². The quantitative estimate of drug-likeness (QED) is 0.0899. The number of carbonyl (C=O) groups is 14. The van der Waals surface area contributed by atoms with Crippen molar-refractivity contribution in [2.24, 2.45) is 0 Å². The topological polar surface area (TPSA) is 442 Å². The predicted molar refractivity (Wildman–Crippen MR) is 320 cm³/mol. The van der Waals surface area contributed by atoms with Crippen molar-refractivity contribution in [3.8, 4) is 22.6 Å². The monoisotopic (exact) mass is 1420 g/mol. The van der Waals surface area contributed by atoms with Crippen LogP contribution in [0.4, 0.5) is 0 Å². The smallest absolute Gasteiger partial charge is 0.303 e. The lowest BCUT2D eigenvalue weighted by Gasteiger charge is -2.48. The summed E-state index contributed by atoms with van der Waals surface area (Å²) in [6.45, 7) is 11.6. The molecule has 0 radical (unpaired) electrons. The third kappa shape index (κ3) is 23.2. The van der Waals surface area contributed by atoms with E-state index in [-0.39, 0.29) is 11.5 Å². The van der Waals surface area contributed by atoms with Crippen molar-refractivity contribution >= 4 is 83.6 Å². The molecule has 2 aromatic rings. The number of benzene rings is 2. The molecular formula is C64H78O36. The number of esters is 14. The van der Waals surface area contributed by atoms with Crippen LogP contribution in [0.2, 0.25) is 0 Å². The summed E-state index contributed by atoms with van der Waals surface area (Å²) in [5.74, 6) is -12.9. The zero-order valence-corrected chi connectivity index (χ0v) is 56.7. The number of hydrogen-bond acceptors (Lipinski definition) is 36. The first kappa shape index (κ1) is 79.4. The van der Waals surface area contributed by atoms with E-state index >= 15 is 0 Å². The highest BCUT2D eigenvalue weighted by Crippen LogP contribution is 2.39. The summed E-state index contributed by atoms with van der Waals surface area (Å²) in [5, 5.41) is 0. The fraction of sp³-hybridized carbons (Fsp3) is 0.594. The van der Waals surface area contributed by atoms with Gasteiger partial charge >= 0.3 is 83.6 Å². The Bertz CT molecular complexity index is 3060. The van der Waals surface area contributed by atoms with Crippen molar-refractivity contribution < 1.29 is 171 Å². The largest absolute Gasteiger partial charge is 0.463 e. The maximum atomic E-state index is 13.1. The van der Waals surface area contributed by atoms with Gasteiger partial charge in [0, 0.05) is 96.9 Å². The van der Waals surface area contributed by atoms with E-state index in [9.17, 15) is 67.1 Å². The number of rotatable bonds is 27. The van der Waals surface area contributed by atoms with E-state index in [0.29, 0.717) is 11.1 Å². The van der Waals surface area contributed by atoms with Gasteiger partial charge in [-0.15, -0.1) is 0 Å². The molecule has 36 heteroatoms. The SMILES string of the molecule is CC(=O)OC[C@H]1O[C@H](O[C@H]2[C@H](OC(C)=O)[C@@H](OC(C)=O)[C@@H](Oc3ccc(-c4ccc(O[C@H]5O[C@H](COC(C)=O)[C@@H](O[C@H]6O[C@H](COC(C)=O)[C@@H](OC(C)=O)[C@H](OC(C)=O)[C@H]6OC(C)=O)[C@H](OC(C)=O)[C@H]5OC(C)=O)cc4)cc3)O[C@@H]2COC(C)=O)[C@H](OC(C)=O)[C@@H](OC(C)=O)[C@@H]1OC(C)=O. The van der Waals surface area contributed by atoms with Gasteiger partial charge in [0.05, 0.1) is 0 Å². The molecule has 20 atom stereocenters. The molecule has 4 heterocycles. The normalized spacial score (nSPS) is 29.1. The van der Waals surface area contributed by atoms with Gasteiger partial charge in [0.25, 0.3) is 0 Å². The summed E-state index contributed by atoms with van der Waals surface area (Å²) in [5.41, 5.74) is 1.04. The average Bonchev–Trinajstić information content (AvgIpc) is 0.772. The van der Waals surface area contributed by atoms with E-state index in [4.69, 9.17) is 104 Å². The van der Waals surface area contributed by atoms with Crippen LogP contribution in [-0.4, -0.2) is 233 Å². The number of ether oxygens (including phenoxy) is 22. The second-order valence-electron chi connectivity index (χ2n) is 22.6. The van der Waals surface area contributed by atoms with E-state index < -0.39 is 233 Å². The molecule has 0 unspecified atom stereocenters. The third-order valence-electron chi connectivity index (χ3n) is 14.3. The molecule has 100 heavy (non-hydrogen) atoms. The van der Waals surface area contributed by atoms with Crippen LogP contribution in [0.15, 0.2) is 48.5 Å². The molecule has 4 aliphatic rings. The Morgan fingerprint density at radius 1 is 0.240 bits per heavy atom. The molecule has 6 rings (SSSR count). The first-order valence-electron chi connectivity index (χ1n) is 30.8. The summed E-state index contributed by atoms with van der Waals surface area (Å²) >= 11 is 0. The van der Waals surface area contributed by atoms with Crippen molar-refractivity contribution in [1.29, 1.82) is 0 Å². The van der Waals surface area contributed by atoms with Crippen LogP contribution in [0.1, 0.15) is 96.9 Å². The van der Waals surface area contributed by atoms with Crippen LogP contribution < -0.4 is 9.47 Å². The van der Waals surface area contributed by atoms with Crippen molar-refractivity contribution in [2.75, 3.05) is 26.4 Å². The molecule has 2 aromatic carbocycles. The molecule has 0 saturated carbocycles. The Kier molecular flexibility index (Phi) is 28.9. The number of carbonyl (C=O) groups excluding carboxylic acids is 14. The van der Waals surface area contributed by atoms with E-state index in [1.165, 1.54) is 24.3 Å². The van der Waals surface area contributed by atoms with Crippen molar-refractivity contribution in [3.05, 3.63) is 48.5 Å². The molecule has 0 spiro atoms. The van der Waals surface area contributed by atoms with Gasteiger partial charge in [0.1, 0.15) is 74.6 Å². The van der Waals surface area contributed by atoms with E-state index in [1.807, 2.05) is 0 Å². The highest BCUT2D eigenvalue weighted by molar-refractivity contribution is 5.72. The summed E-state index contributed by atoms with van der Waals surface area (Å²) in [4.78, 5) is 177. The molecule has 4 aliphatic heterocycles. The third-order valence-corrected chi connectivity index (χ3v) is 14.3. The molecule has 0 amide bonds. The fourth-order valence-corrected chi connectivity index (χ4v) is 10.9. The van der Waals surface area contributed by atoms with Gasteiger partial charge in [-0.1, -0.05) is 24.3 Å². The predicted octanol–water partition coefficient (Wildman–Crippen LogP) is 1.35. The lowest BCUT2D eigenvalue weighted by atomic mass is 9.96. The summed E-state index contributed by atoms with van der Waals surface area (Å²) in [7, 11) is 0. The zero-order chi connectivity index (χ0) is 74.0. The molecule has 4 fully saturated rings. The second kappa shape index (κ2) is 36.5. The van der Waals surface area contributed by atoms with Crippen LogP contribution in [0.5, 0.6) is 11.5 Å². The molecule has 550 valence electrons. The Morgan fingerprint density at radius 2 is 0.430 bits per heavy atom. The lowest BCUT2D eigenvalue weighted by molar-refractivity contribution is -0.354. The van der Waals surface area contributed by atoms with Crippen molar-refractivity contribution in [3.63, 3.8) is 0 Å². The average molecular weight is 1420 g/mol. The standard InChI is InChI=1S/C64H78O36/c1-27(65)79-23-45-49(83-31(5)69)53(85-33(7)71)59(91-39(13)77)63(97-45)99-51-47(25-81-29(3)67)95-61(57(89-37(11)75)55(51)87-35(9)73)93-43-19-15-41(16-20-43)42-17-21-44(22-18-42)94-62-58(90-38(12)76)56(88-36(10)74)52(48(96-62)26-82-30(4)68)100-64-60(92-40(14)78)54(86-34(8)72)50(84-32(6)70)46(98-64)24-80-28(2)66/h15-22,45-64H,23-26H2,1-14H3/t45-,46-,47-,48-,49-,50-,51-,52-,53+,54+,55+,56+,57-,58-,59-,60-,61+,62+,63-,64-/m1/s1. The first-order valence-corrected chi connectivity index (χ1v) is 30.8. The Balaban J connectivity index is 1.31. The fourth-order valence-electron chi connectivity index (χ4n) is 10.9. The minimum atomic E-state index is -1.93. The minimum Gasteiger partial charge on any atom is -0.463 e. The summed E-state index contributed by atoms with van der Waals surface area (Å²) < 4.78 is 128. The summed E-state index contributed by atoms with van der Waals surface area (Å²) in [6.07, 6.45) is -34.4. The minimum absolute atomic E-state index is 0.0330. The summed E-state index contributed by atoms with van der Waals surface area (Å²) in [6, 6.07) is 12.2. The Labute approximate surface area is 570 Å². The Morgan fingerprint density at radius 3 is 0.660 bits per heavy atom. The molecule has 4 saturated heterocycles. The van der Waals surface area contributed by atoms with Crippen molar-refractivity contribution in [1.82, 2.24) is 0 Å². The van der Waals surface area contributed by atoms with E-state index in [0.717, 1.165) is 96.9 Å². The highest BCUT2D eigenvalue weighted by Gasteiger charge is 2.60. The van der Waals surface area contributed by atoms with Gasteiger partial charge < -0.3 is 104 Å². The van der Waals surface area contributed by atoms with Crippen molar-refractivity contribution in [2.45, 2.75) is 220 Å². The molecule has 0 N–H and O–H groups in total. The highest BCUT2D eigenvalue weighted by atomic mass is 16.8. The van der Waals surface area contributed by atoms with Gasteiger partial charge in [0.15, 0.2) is 61.4 Å². The maximum absolute atomic E-state index is 13.1. The van der Waals surface area contributed by atoms with Gasteiger partial charge in [-0.25, -0.2) is 0 Å². The maximum Gasteiger partial charge on any atom is 0.303 e. The van der Waals surface area contributed by atoms with Gasteiger partial charge in [-0.05, 0) is 35.4 Å². The molecule has 0 aromatic heterocycles. The van der Waals surface area contributed by atoms with E-state index in [1.54, 1.807) is 24.3 Å². The van der Waals surface area contributed by atoms with Gasteiger partial charge in [0.2, 0.25) is 24.8 Å². The molecule has 0 bridgehead atoms. The number of hydrogen-bond donors (Lipinski definition) is 0. The van der Waals surface area contributed by atoms with Crippen LogP contribution in [-0.2, 0) is 162 Å². The van der Waals surface area contributed by atoms with Crippen LogP contribution >= 0.6 is 0 Å². The van der Waals surface area contributed by atoms with Gasteiger partial charge in [-0.2, -0.15) is 0 Å². The lowest BCUT2D eigenvalue weighted by Crippen LogP contribution is -2.67. The molecule has 0 aliphatic carbocycles. The van der Waals surface area contributed by atoms with Gasteiger partial charge in [-0.3, -0.25) is 67.1 Å². The van der Waals surface area contributed by atoms with Crippen LogP contribution in [0.3, 0.4) is 0 Å². The molecular weight excluding hydrogens is 1340 g/mol.